The Bertz CT molecular complexity index is 2330. The first-order valence-electron chi connectivity index (χ1n) is 21.4. The van der Waals surface area contributed by atoms with Crippen molar-refractivity contribution in [1.29, 1.82) is 0 Å². The van der Waals surface area contributed by atoms with E-state index in [-0.39, 0.29) is 62.9 Å². The number of H-pyrrole nitrogens is 1. The molecule has 2 aliphatic rings. The molecule has 17 heteroatoms. The third-order valence-electron chi connectivity index (χ3n) is 12.6. The van der Waals surface area contributed by atoms with Crippen molar-refractivity contribution in [3.8, 4) is 11.4 Å². The van der Waals surface area contributed by atoms with Crippen molar-refractivity contribution in [1.82, 2.24) is 40.6 Å². The Kier molecular flexibility index (Phi) is 14.4. The van der Waals surface area contributed by atoms with Crippen LogP contribution in [0.4, 0.5) is 13.2 Å². The summed E-state index contributed by atoms with van der Waals surface area (Å²) >= 11 is 0. The first kappa shape index (κ1) is 46.1. The van der Waals surface area contributed by atoms with Crippen molar-refractivity contribution in [2.75, 3.05) is 27.2 Å². The molecule has 2 aromatic carbocycles. The lowest BCUT2D eigenvalue weighted by Gasteiger charge is -2.30. The smallest absolute Gasteiger partial charge is 0.302 e. The number of halogens is 3. The zero-order valence-corrected chi connectivity index (χ0v) is 36.7. The highest BCUT2D eigenvalue weighted by Crippen LogP contribution is 2.41. The van der Waals surface area contributed by atoms with Crippen LogP contribution in [-0.4, -0.2) is 125 Å². The molecule has 6 rings (SSSR count). The molecule has 0 saturated carbocycles. The van der Waals surface area contributed by atoms with E-state index in [2.05, 4.69) is 26.3 Å². The van der Waals surface area contributed by atoms with Gasteiger partial charge in [-0.3, -0.25) is 24.0 Å². The number of aryl methyl sites for hydroxylation is 1. The highest BCUT2D eigenvalue weighted by molar-refractivity contribution is 5.97. The first-order chi connectivity index (χ1) is 29.5. The van der Waals surface area contributed by atoms with Crippen LogP contribution in [0.3, 0.4) is 0 Å². The standard InChI is InChI=1S/C45H59F3N8O6/c1-9-36(52-42(58)23(3)49-6)44(60)55-21-28(48)15-29(55)19-34-32-13-11-26(46)16-38(32)51-40(34)41-35(33-14-12-27(47)17-39(33)54(41)8)20-30-18-31(62-25(5)57)22-56(30)45(61)37(10-2)53-43(59)24(4)50-7/h11-14,16-17,23-24,28-31,36-37,49-51H,9-10,15,18-22H2,1-8H3,(H,52,58)(H,53,59)/t23-,24-,28-,29-,30-,31-,36-,37-/m0/s1. The topological polar surface area (TPSA) is 170 Å². The number of carbonyl (C=O) groups is 5. The van der Waals surface area contributed by atoms with Crippen molar-refractivity contribution >= 4 is 51.4 Å². The number of aromatic amines is 1. The maximum Gasteiger partial charge on any atom is 0.302 e. The lowest BCUT2D eigenvalue weighted by Crippen LogP contribution is -2.53. The zero-order chi connectivity index (χ0) is 45.2. The van der Waals surface area contributed by atoms with Gasteiger partial charge in [0.2, 0.25) is 23.6 Å². The third-order valence-corrected chi connectivity index (χ3v) is 12.6. The number of aromatic nitrogens is 2. The number of hydrogen-bond donors (Lipinski definition) is 5. The second-order valence-corrected chi connectivity index (χ2v) is 16.7. The molecule has 5 N–H and O–H groups in total. The van der Waals surface area contributed by atoms with E-state index in [1.807, 2.05) is 4.57 Å². The molecule has 0 unspecified atom stereocenters. The highest BCUT2D eigenvalue weighted by atomic mass is 19.1. The second kappa shape index (κ2) is 19.3. The van der Waals surface area contributed by atoms with E-state index in [9.17, 15) is 28.4 Å². The van der Waals surface area contributed by atoms with E-state index in [0.717, 1.165) is 5.56 Å². The molecule has 336 valence electrons. The molecule has 62 heavy (non-hydrogen) atoms. The Morgan fingerprint density at radius 2 is 1.32 bits per heavy atom. The lowest BCUT2D eigenvalue weighted by molar-refractivity contribution is -0.146. The normalized spacial score (nSPS) is 21.0. The van der Waals surface area contributed by atoms with Gasteiger partial charge in [0.15, 0.2) is 0 Å². The number of hydrogen-bond acceptors (Lipinski definition) is 8. The molecule has 4 aromatic rings. The number of alkyl halides is 1. The van der Waals surface area contributed by atoms with Gasteiger partial charge in [-0.25, -0.2) is 13.2 Å². The molecule has 14 nitrogen and oxygen atoms in total. The molecule has 8 atom stereocenters. The van der Waals surface area contributed by atoms with Crippen LogP contribution >= 0.6 is 0 Å². The summed E-state index contributed by atoms with van der Waals surface area (Å²) in [6.07, 6.45) is -0.690. The molecule has 0 radical (unpaired) electrons. The molecule has 2 fully saturated rings. The van der Waals surface area contributed by atoms with Crippen molar-refractivity contribution < 1.29 is 41.9 Å². The number of nitrogens with zero attached hydrogens (tertiary/aromatic N) is 3. The Balaban J connectivity index is 1.45. The van der Waals surface area contributed by atoms with Crippen molar-refractivity contribution in [3.63, 3.8) is 0 Å². The summed E-state index contributed by atoms with van der Waals surface area (Å²) in [6.45, 7) is 8.17. The van der Waals surface area contributed by atoms with Gasteiger partial charge in [-0.1, -0.05) is 13.8 Å². The van der Waals surface area contributed by atoms with Crippen LogP contribution in [0, 0.1) is 11.6 Å². The molecule has 2 aromatic heterocycles. The van der Waals surface area contributed by atoms with Gasteiger partial charge in [0.25, 0.3) is 0 Å². The van der Waals surface area contributed by atoms with Gasteiger partial charge in [-0.05, 0) is 101 Å². The zero-order valence-electron chi connectivity index (χ0n) is 36.7. The fourth-order valence-electron chi connectivity index (χ4n) is 9.04. The molecule has 0 bridgehead atoms. The summed E-state index contributed by atoms with van der Waals surface area (Å²) in [5.74, 6) is -2.92. The van der Waals surface area contributed by atoms with Gasteiger partial charge in [-0.2, -0.15) is 0 Å². The Morgan fingerprint density at radius 1 is 0.790 bits per heavy atom. The van der Waals surface area contributed by atoms with Gasteiger partial charge < -0.3 is 45.4 Å². The molecule has 2 aliphatic heterocycles. The number of amides is 4. The van der Waals surface area contributed by atoms with Gasteiger partial charge >= 0.3 is 5.97 Å². The fraction of sp³-hybridized carbons (Fsp3) is 0.533. The van der Waals surface area contributed by atoms with Crippen LogP contribution < -0.4 is 21.3 Å². The Labute approximate surface area is 359 Å². The molecular formula is C45H59F3N8O6. The Morgan fingerprint density at radius 3 is 1.89 bits per heavy atom. The predicted octanol–water partition coefficient (Wildman–Crippen LogP) is 4.17. The minimum absolute atomic E-state index is 0.0302. The molecule has 0 aliphatic carbocycles. The van der Waals surface area contributed by atoms with Crippen molar-refractivity contribution in [3.05, 3.63) is 59.2 Å². The Hall–Kier alpha value is -5.42. The fourth-order valence-corrected chi connectivity index (χ4v) is 9.04. The number of benzene rings is 2. The van der Waals surface area contributed by atoms with Crippen LogP contribution in [0.2, 0.25) is 0 Å². The summed E-state index contributed by atoms with van der Waals surface area (Å²) in [7, 11) is 5.07. The van der Waals surface area contributed by atoms with E-state index in [1.54, 1.807) is 65.9 Å². The van der Waals surface area contributed by atoms with Crippen LogP contribution in [-0.2, 0) is 48.6 Å². The number of likely N-dealkylation sites (tertiary alicyclic amines) is 2. The number of fused-ring (bicyclic) bond motifs is 2. The molecule has 4 amide bonds. The number of nitrogens with one attached hydrogen (secondary N) is 5. The predicted molar refractivity (Wildman–Crippen MR) is 230 cm³/mol. The lowest BCUT2D eigenvalue weighted by atomic mass is 9.94. The summed E-state index contributed by atoms with van der Waals surface area (Å²) in [5.41, 5.74) is 3.54. The van der Waals surface area contributed by atoms with E-state index in [4.69, 9.17) is 4.74 Å². The van der Waals surface area contributed by atoms with Crippen LogP contribution in [0.25, 0.3) is 33.2 Å². The maximum absolute atomic E-state index is 15.5. The monoisotopic (exact) mass is 864 g/mol. The average Bonchev–Trinajstić information content (AvgIpc) is 3.98. The number of carbonyl (C=O) groups excluding carboxylic acids is 5. The quantitative estimate of drug-likeness (QED) is 0.105. The van der Waals surface area contributed by atoms with Gasteiger partial charge in [0, 0.05) is 55.2 Å². The number of esters is 1. The maximum atomic E-state index is 15.5. The van der Waals surface area contributed by atoms with Crippen LogP contribution in [0.1, 0.15) is 71.4 Å². The molecule has 4 heterocycles. The highest BCUT2D eigenvalue weighted by Gasteiger charge is 2.42. The summed E-state index contributed by atoms with van der Waals surface area (Å²) in [6, 6.07) is 4.73. The molecule has 2 saturated heterocycles. The van der Waals surface area contributed by atoms with Gasteiger partial charge in [0.05, 0.1) is 42.1 Å². The van der Waals surface area contributed by atoms with Crippen molar-refractivity contribution in [2.45, 2.75) is 122 Å². The van der Waals surface area contributed by atoms with E-state index in [0.29, 0.717) is 45.2 Å². The van der Waals surface area contributed by atoms with E-state index in [1.165, 1.54) is 36.1 Å². The average molecular weight is 865 g/mol. The van der Waals surface area contributed by atoms with Crippen molar-refractivity contribution in [2.24, 2.45) is 7.05 Å². The minimum atomic E-state index is -1.33. The first-order valence-corrected chi connectivity index (χ1v) is 21.4. The summed E-state index contributed by atoms with van der Waals surface area (Å²) in [5, 5.41) is 12.7. The second-order valence-electron chi connectivity index (χ2n) is 16.7. The van der Waals surface area contributed by atoms with Crippen LogP contribution in [0.5, 0.6) is 0 Å². The summed E-state index contributed by atoms with van der Waals surface area (Å²) < 4.78 is 53.0. The largest absolute Gasteiger partial charge is 0.461 e. The number of likely N-dealkylation sites (N-methyl/N-ethyl adjacent to an activating group) is 2. The van der Waals surface area contributed by atoms with E-state index >= 15 is 8.78 Å². The van der Waals surface area contributed by atoms with Gasteiger partial charge in [0.1, 0.15) is 36.0 Å². The minimum Gasteiger partial charge on any atom is -0.461 e. The van der Waals surface area contributed by atoms with Gasteiger partial charge in [-0.15, -0.1) is 0 Å². The van der Waals surface area contributed by atoms with Crippen LogP contribution in [0.15, 0.2) is 36.4 Å². The summed E-state index contributed by atoms with van der Waals surface area (Å²) in [4.78, 5) is 73.0. The van der Waals surface area contributed by atoms with E-state index < -0.39 is 72.0 Å². The third kappa shape index (κ3) is 9.48. The number of ether oxygens (including phenoxy) is 1. The molecule has 0 spiro atoms. The number of rotatable bonds is 16. The SMILES string of the molecule is CC[C@H](NC(=O)[C@H](C)NC)C(=O)N1C[C@@H](F)C[C@H]1Cc1c(-c2c(C[C@@H]3C[C@H](OC(C)=O)CN3C(=O)[C@H](CC)NC(=O)[C@H](C)NC)c3ccc(F)cc3n2C)[nH]c2cc(F)ccc12. The molecular weight excluding hydrogens is 806 g/mol.